The maximum Gasteiger partial charge on any atom is 0.361 e. The topological polar surface area (TPSA) is 70.0 Å². The molecular formula is C23H47NO4. The zero-order chi connectivity index (χ0) is 21.3. The Morgan fingerprint density at radius 3 is 1.61 bits per heavy atom. The van der Waals surface area contributed by atoms with E-state index in [1.54, 1.807) is 18.9 Å². The Balaban J connectivity index is 3.63. The second kappa shape index (κ2) is 17.2. The van der Waals surface area contributed by atoms with Crippen molar-refractivity contribution in [1.29, 1.82) is 0 Å². The Morgan fingerprint density at radius 2 is 1.25 bits per heavy atom. The molecule has 0 heterocycles. The average molecular weight is 402 g/mol. The maximum absolute atomic E-state index is 11.8. The summed E-state index contributed by atoms with van der Waals surface area (Å²) in [5.41, 5.74) is -1.01. The van der Waals surface area contributed by atoms with E-state index in [2.05, 4.69) is 11.8 Å². The van der Waals surface area contributed by atoms with Crippen molar-refractivity contribution in [1.82, 2.24) is 4.90 Å². The fourth-order valence-corrected chi connectivity index (χ4v) is 3.68. The first-order valence-electron chi connectivity index (χ1n) is 11.7. The van der Waals surface area contributed by atoms with Crippen molar-refractivity contribution in [3.8, 4) is 0 Å². The van der Waals surface area contributed by atoms with Crippen LogP contribution in [0.1, 0.15) is 124 Å². The lowest BCUT2D eigenvalue weighted by molar-refractivity contribution is -0.249. The van der Waals surface area contributed by atoms with Gasteiger partial charge in [-0.25, -0.2) is 4.79 Å². The molecule has 0 radical (unpaired) electrons. The minimum atomic E-state index is -1.01. The second-order valence-corrected chi connectivity index (χ2v) is 8.48. The van der Waals surface area contributed by atoms with Gasteiger partial charge in [-0.2, -0.15) is 5.26 Å². The molecule has 0 aromatic carbocycles. The third-order valence-corrected chi connectivity index (χ3v) is 6.25. The van der Waals surface area contributed by atoms with Crippen LogP contribution in [0.15, 0.2) is 0 Å². The van der Waals surface area contributed by atoms with Gasteiger partial charge in [0, 0.05) is 0 Å². The van der Waals surface area contributed by atoms with Gasteiger partial charge in [0.05, 0.1) is 0 Å². The minimum Gasteiger partial charge on any atom is -0.378 e. The summed E-state index contributed by atoms with van der Waals surface area (Å²) in [6, 6.07) is 0. The second-order valence-electron chi connectivity index (χ2n) is 8.48. The molecule has 0 aliphatic heterocycles. The predicted octanol–water partition coefficient (Wildman–Crippen LogP) is 6.29. The van der Waals surface area contributed by atoms with Gasteiger partial charge in [0.25, 0.3) is 0 Å². The largest absolute Gasteiger partial charge is 0.378 e. The molecule has 0 aromatic rings. The summed E-state index contributed by atoms with van der Waals surface area (Å²) in [6.45, 7) is 5.78. The number of nitrogens with zero attached hydrogens (tertiary/aromatic N) is 1. The van der Waals surface area contributed by atoms with Crippen molar-refractivity contribution in [3.05, 3.63) is 0 Å². The van der Waals surface area contributed by atoms with E-state index in [9.17, 15) is 9.90 Å². The monoisotopic (exact) mass is 401 g/mol. The van der Waals surface area contributed by atoms with E-state index in [0.29, 0.717) is 12.8 Å². The first-order valence-corrected chi connectivity index (χ1v) is 11.7. The van der Waals surface area contributed by atoms with Crippen LogP contribution in [-0.2, 0) is 9.68 Å². The fraction of sp³-hybridized carbons (Fsp3) is 0.957. The highest BCUT2D eigenvalue weighted by molar-refractivity contribution is 5.79. The minimum absolute atomic E-state index is 0.457. The van der Waals surface area contributed by atoms with Gasteiger partial charge < -0.3 is 5.11 Å². The van der Waals surface area contributed by atoms with Crippen LogP contribution in [0.5, 0.6) is 0 Å². The lowest BCUT2D eigenvalue weighted by Crippen LogP contribution is -2.54. The number of unbranched alkanes of at least 4 members (excludes halogenated alkanes) is 13. The fourth-order valence-electron chi connectivity index (χ4n) is 3.68. The number of aliphatic hydroxyl groups excluding tert-OH is 1. The van der Waals surface area contributed by atoms with Gasteiger partial charge in [-0.15, -0.1) is 0 Å². The first-order chi connectivity index (χ1) is 13.4. The highest BCUT2D eigenvalue weighted by Crippen LogP contribution is 2.23. The lowest BCUT2D eigenvalue weighted by Gasteiger charge is -2.37. The van der Waals surface area contributed by atoms with Crippen molar-refractivity contribution < 1.29 is 20.0 Å². The standard InChI is InChI=1S/C23H47NO4/c1-5-7-8-9-10-11-12-13-14-15-16-17-18-19-20-21(25)24(4)23(3,6-2)22(26)28-27/h21,25,27H,5-20H2,1-4H3. The van der Waals surface area contributed by atoms with Crippen LogP contribution >= 0.6 is 0 Å². The number of rotatable bonds is 19. The summed E-state index contributed by atoms with van der Waals surface area (Å²) >= 11 is 0. The van der Waals surface area contributed by atoms with Crippen LogP contribution in [0.3, 0.4) is 0 Å². The van der Waals surface area contributed by atoms with Gasteiger partial charge in [0.1, 0.15) is 11.8 Å². The smallest absolute Gasteiger partial charge is 0.361 e. The molecule has 2 N–H and O–H groups in total. The number of hydrogen-bond acceptors (Lipinski definition) is 5. The molecule has 0 amide bonds. The van der Waals surface area contributed by atoms with Crippen LogP contribution in [0.4, 0.5) is 0 Å². The lowest BCUT2D eigenvalue weighted by atomic mass is 9.96. The molecule has 168 valence electrons. The number of likely N-dealkylation sites (N-methyl/N-ethyl adjacent to an activating group) is 1. The third kappa shape index (κ3) is 11.4. The van der Waals surface area contributed by atoms with Crippen molar-refractivity contribution >= 4 is 5.97 Å². The van der Waals surface area contributed by atoms with E-state index >= 15 is 0 Å². The molecule has 0 aliphatic carbocycles. The Bertz CT molecular complexity index is 378. The molecule has 0 aromatic heterocycles. The molecule has 0 bridgehead atoms. The highest BCUT2D eigenvalue weighted by atomic mass is 17.1. The van der Waals surface area contributed by atoms with Gasteiger partial charge in [-0.3, -0.25) is 9.79 Å². The van der Waals surface area contributed by atoms with E-state index in [0.717, 1.165) is 12.8 Å². The Kier molecular flexibility index (Phi) is 16.8. The molecule has 2 unspecified atom stereocenters. The van der Waals surface area contributed by atoms with Crippen molar-refractivity contribution in [2.45, 2.75) is 135 Å². The molecule has 0 rings (SSSR count). The van der Waals surface area contributed by atoms with E-state index < -0.39 is 17.7 Å². The maximum atomic E-state index is 11.8. The van der Waals surface area contributed by atoms with Crippen molar-refractivity contribution in [2.24, 2.45) is 0 Å². The predicted molar refractivity (Wildman–Crippen MR) is 116 cm³/mol. The Labute approximate surface area is 173 Å². The summed E-state index contributed by atoms with van der Waals surface area (Å²) in [5, 5.41) is 19.0. The number of carbonyl (C=O) groups excluding carboxylic acids is 1. The molecule has 5 nitrogen and oxygen atoms in total. The SMILES string of the molecule is CCCCCCCCCCCCCCCCC(O)N(C)C(C)(CC)C(=O)OO. The van der Waals surface area contributed by atoms with Gasteiger partial charge >= 0.3 is 5.97 Å². The quantitative estimate of drug-likeness (QED) is 0.115. The van der Waals surface area contributed by atoms with E-state index in [1.807, 2.05) is 6.92 Å². The van der Waals surface area contributed by atoms with E-state index in [1.165, 1.54) is 77.0 Å². The van der Waals surface area contributed by atoms with Gasteiger partial charge in [0.2, 0.25) is 0 Å². The first kappa shape index (κ1) is 27.4. The molecule has 0 saturated heterocycles. The van der Waals surface area contributed by atoms with Crippen LogP contribution in [0.2, 0.25) is 0 Å². The Hall–Kier alpha value is -0.650. The zero-order valence-corrected chi connectivity index (χ0v) is 19.0. The molecule has 2 atom stereocenters. The molecule has 0 aliphatic rings. The molecule has 0 fully saturated rings. The molecule has 0 spiro atoms. The normalized spacial score (nSPS) is 14.8. The number of hydrogen-bond donors (Lipinski definition) is 2. The van der Waals surface area contributed by atoms with Gasteiger partial charge in [0.15, 0.2) is 0 Å². The number of carbonyl (C=O) groups is 1. The van der Waals surface area contributed by atoms with Crippen LogP contribution < -0.4 is 0 Å². The number of aliphatic hydroxyl groups is 1. The van der Waals surface area contributed by atoms with Crippen molar-refractivity contribution in [2.75, 3.05) is 7.05 Å². The zero-order valence-electron chi connectivity index (χ0n) is 19.0. The van der Waals surface area contributed by atoms with Crippen LogP contribution in [0, 0.1) is 0 Å². The summed E-state index contributed by atoms with van der Waals surface area (Å²) in [5.74, 6) is -0.725. The summed E-state index contributed by atoms with van der Waals surface area (Å²) in [6.07, 6.45) is 18.7. The van der Waals surface area contributed by atoms with E-state index in [-0.39, 0.29) is 0 Å². The van der Waals surface area contributed by atoms with Crippen LogP contribution in [0.25, 0.3) is 0 Å². The van der Waals surface area contributed by atoms with E-state index in [4.69, 9.17) is 5.26 Å². The van der Waals surface area contributed by atoms with Gasteiger partial charge in [-0.1, -0.05) is 97.3 Å². The van der Waals surface area contributed by atoms with Crippen molar-refractivity contribution in [3.63, 3.8) is 0 Å². The summed E-state index contributed by atoms with van der Waals surface area (Å²) in [7, 11) is 1.70. The Morgan fingerprint density at radius 1 is 0.857 bits per heavy atom. The molecule has 5 heteroatoms. The van der Waals surface area contributed by atoms with Gasteiger partial charge in [-0.05, 0) is 33.2 Å². The van der Waals surface area contributed by atoms with Crippen LogP contribution in [-0.4, -0.2) is 40.0 Å². The summed E-state index contributed by atoms with van der Waals surface area (Å²) in [4.78, 5) is 17.3. The highest BCUT2D eigenvalue weighted by Gasteiger charge is 2.40. The molecule has 0 saturated carbocycles. The third-order valence-electron chi connectivity index (χ3n) is 6.25. The average Bonchev–Trinajstić information content (AvgIpc) is 2.71. The molecular weight excluding hydrogens is 354 g/mol. The summed E-state index contributed by atoms with van der Waals surface area (Å²) < 4.78 is 0. The molecule has 28 heavy (non-hydrogen) atoms.